The molecule has 2 rings (SSSR count). The summed E-state index contributed by atoms with van der Waals surface area (Å²) in [6.07, 6.45) is 6.56. The zero-order valence-corrected chi connectivity index (χ0v) is 15.8. The summed E-state index contributed by atoms with van der Waals surface area (Å²) >= 11 is 0. The number of aliphatic carboxylic acids is 2. The number of aromatic nitrogens is 2. The number of hydrogen-bond acceptors (Lipinski definition) is 8. The minimum Gasteiger partial charge on any atom is -0.481 e. The molecular formula is C16H31N5O5. The Bertz CT molecular complexity index is 497. The highest BCUT2D eigenvalue weighted by molar-refractivity contribution is 5.63. The van der Waals surface area contributed by atoms with E-state index in [1.165, 1.54) is 25.7 Å². The molecule has 0 spiro atoms. The third-order valence-electron chi connectivity index (χ3n) is 3.55. The van der Waals surface area contributed by atoms with E-state index < -0.39 is 11.9 Å². The number of hydrogen-bond donors (Lipinski definition) is 4. The average Bonchev–Trinajstić information content (AvgIpc) is 3.21. The molecule has 0 unspecified atom stereocenters. The second-order valence-corrected chi connectivity index (χ2v) is 5.94. The molecule has 1 aliphatic rings. The molecule has 0 aromatic carbocycles. The largest absolute Gasteiger partial charge is 0.481 e. The van der Waals surface area contributed by atoms with E-state index in [4.69, 9.17) is 30.0 Å². The van der Waals surface area contributed by atoms with Gasteiger partial charge in [0, 0.05) is 26.4 Å². The highest BCUT2D eigenvalue weighted by Gasteiger charge is 2.18. The van der Waals surface area contributed by atoms with Crippen LogP contribution >= 0.6 is 0 Å². The highest BCUT2D eigenvalue weighted by atomic mass is 16.4. The molecule has 26 heavy (non-hydrogen) atoms. The van der Waals surface area contributed by atoms with E-state index in [0.717, 1.165) is 39.4 Å². The molecule has 0 amide bonds. The van der Waals surface area contributed by atoms with Gasteiger partial charge in [0.25, 0.3) is 11.9 Å². The van der Waals surface area contributed by atoms with Crippen LogP contribution in [0.1, 0.15) is 51.8 Å². The van der Waals surface area contributed by atoms with Gasteiger partial charge >= 0.3 is 6.01 Å². The van der Waals surface area contributed by atoms with Crippen LogP contribution in [0.3, 0.4) is 0 Å². The second kappa shape index (κ2) is 14.0. The summed E-state index contributed by atoms with van der Waals surface area (Å²) in [7, 11) is 2.22. The first kappa shape index (κ1) is 23.8. The summed E-state index contributed by atoms with van der Waals surface area (Å²) < 4.78 is 5.27. The number of nitrogens with zero attached hydrogens (tertiary/aromatic N) is 3. The lowest BCUT2D eigenvalue weighted by atomic mass is 10.2. The lowest BCUT2D eigenvalue weighted by molar-refractivity contribution is -0.135. The zero-order chi connectivity index (χ0) is 19.9. The molecule has 150 valence electrons. The molecule has 1 fully saturated rings. The van der Waals surface area contributed by atoms with Crippen molar-refractivity contribution in [3.63, 3.8) is 0 Å². The Balaban J connectivity index is 0.000000662. The molecule has 1 saturated carbocycles. The summed E-state index contributed by atoms with van der Waals surface area (Å²) in [5.74, 6) is -1.19. The van der Waals surface area contributed by atoms with Crippen molar-refractivity contribution in [1.29, 1.82) is 0 Å². The summed E-state index contributed by atoms with van der Waals surface area (Å²) in [6.45, 7) is 4.41. The van der Waals surface area contributed by atoms with E-state index in [-0.39, 0.29) is 0 Å². The van der Waals surface area contributed by atoms with Crippen LogP contribution in [-0.2, 0) is 16.1 Å². The molecule has 1 aliphatic carbocycles. The summed E-state index contributed by atoms with van der Waals surface area (Å²) in [5.41, 5.74) is 5.40. The molecule has 10 nitrogen and oxygen atoms in total. The van der Waals surface area contributed by atoms with E-state index in [9.17, 15) is 0 Å². The van der Waals surface area contributed by atoms with E-state index in [2.05, 4.69) is 27.5 Å². The first-order valence-corrected chi connectivity index (χ1v) is 8.61. The van der Waals surface area contributed by atoms with Crippen LogP contribution in [0.5, 0.6) is 0 Å². The number of anilines is 1. The van der Waals surface area contributed by atoms with Gasteiger partial charge in [-0.1, -0.05) is 17.9 Å². The maximum Gasteiger partial charge on any atom is 0.315 e. The average molecular weight is 373 g/mol. The molecule has 1 aromatic heterocycles. The van der Waals surface area contributed by atoms with Gasteiger partial charge in [0.15, 0.2) is 0 Å². The van der Waals surface area contributed by atoms with Gasteiger partial charge in [-0.25, -0.2) is 0 Å². The highest BCUT2D eigenvalue weighted by Crippen LogP contribution is 2.22. The molecule has 0 bridgehead atoms. The van der Waals surface area contributed by atoms with Crippen molar-refractivity contribution in [1.82, 2.24) is 15.1 Å². The lowest BCUT2D eigenvalue weighted by Crippen LogP contribution is -2.30. The third-order valence-corrected chi connectivity index (χ3v) is 3.55. The predicted molar refractivity (Wildman–Crippen MR) is 96.8 cm³/mol. The van der Waals surface area contributed by atoms with Crippen LogP contribution < -0.4 is 11.1 Å². The normalized spacial score (nSPS) is 13.4. The monoisotopic (exact) mass is 373 g/mol. The SMILES string of the molecule is CC(=O)O.CC(=O)O.CN(CCCNc1nnc(CN)o1)C1CCCC1. The van der Waals surface area contributed by atoms with Gasteiger partial charge in [-0.15, -0.1) is 5.10 Å². The first-order chi connectivity index (χ1) is 12.3. The number of nitrogens with one attached hydrogen (secondary N) is 1. The van der Waals surface area contributed by atoms with E-state index in [1.807, 2.05) is 0 Å². The van der Waals surface area contributed by atoms with Crippen molar-refractivity contribution >= 4 is 18.0 Å². The Kier molecular flexibility index (Phi) is 12.8. The molecular weight excluding hydrogens is 342 g/mol. The number of rotatable bonds is 7. The van der Waals surface area contributed by atoms with Crippen LogP contribution in [0.4, 0.5) is 6.01 Å². The van der Waals surface area contributed by atoms with Crippen molar-refractivity contribution in [3.8, 4) is 0 Å². The first-order valence-electron chi connectivity index (χ1n) is 8.61. The summed E-state index contributed by atoms with van der Waals surface area (Å²) in [4.78, 5) is 20.5. The fraction of sp³-hybridized carbons (Fsp3) is 0.750. The van der Waals surface area contributed by atoms with Gasteiger partial charge < -0.3 is 30.6 Å². The van der Waals surface area contributed by atoms with E-state index >= 15 is 0 Å². The quantitative estimate of drug-likeness (QED) is 0.515. The van der Waals surface area contributed by atoms with Crippen LogP contribution in [0, 0.1) is 0 Å². The Labute approximate surface area is 153 Å². The fourth-order valence-corrected chi connectivity index (χ4v) is 2.46. The number of carboxylic acid groups (broad SMARTS) is 2. The molecule has 5 N–H and O–H groups in total. The molecule has 0 aliphatic heterocycles. The van der Waals surface area contributed by atoms with Crippen molar-refractivity contribution < 1.29 is 24.2 Å². The Morgan fingerprint density at radius 2 is 1.77 bits per heavy atom. The van der Waals surface area contributed by atoms with Gasteiger partial charge in [-0.05, 0) is 32.9 Å². The van der Waals surface area contributed by atoms with Gasteiger partial charge in [0.1, 0.15) is 0 Å². The van der Waals surface area contributed by atoms with E-state index in [0.29, 0.717) is 18.5 Å². The maximum atomic E-state index is 9.00. The molecule has 0 radical (unpaired) electrons. The van der Waals surface area contributed by atoms with Crippen LogP contribution in [0.15, 0.2) is 4.42 Å². The number of carboxylic acids is 2. The zero-order valence-electron chi connectivity index (χ0n) is 15.8. The number of carbonyl (C=O) groups is 2. The van der Waals surface area contributed by atoms with Crippen molar-refractivity contribution in [3.05, 3.63) is 5.89 Å². The van der Waals surface area contributed by atoms with Gasteiger partial charge in [0.2, 0.25) is 5.89 Å². The van der Waals surface area contributed by atoms with Gasteiger partial charge in [-0.3, -0.25) is 9.59 Å². The van der Waals surface area contributed by atoms with Crippen molar-refractivity contribution in [2.24, 2.45) is 5.73 Å². The molecule has 0 saturated heterocycles. The third kappa shape index (κ3) is 13.1. The lowest BCUT2D eigenvalue weighted by Gasteiger charge is -2.23. The van der Waals surface area contributed by atoms with Crippen molar-refractivity contribution in [2.75, 3.05) is 25.5 Å². The fourth-order valence-electron chi connectivity index (χ4n) is 2.46. The molecule has 10 heteroatoms. The van der Waals surface area contributed by atoms with Crippen molar-refractivity contribution in [2.45, 2.75) is 58.5 Å². The Hall–Kier alpha value is -2.20. The van der Waals surface area contributed by atoms with Crippen LogP contribution in [-0.4, -0.2) is 63.4 Å². The topological polar surface area (TPSA) is 155 Å². The standard InChI is InChI=1S/C12H23N5O.2C2H4O2/c1-17(10-5-2-3-6-10)8-4-7-14-12-16-15-11(9-13)18-12;2*1-2(3)4/h10H,2-9,13H2,1H3,(H,14,16);2*1H3,(H,3,4). The molecule has 0 atom stereocenters. The maximum absolute atomic E-state index is 9.00. The van der Waals surface area contributed by atoms with Crippen LogP contribution in [0.2, 0.25) is 0 Å². The predicted octanol–water partition coefficient (Wildman–Crippen LogP) is 1.39. The Morgan fingerprint density at radius 1 is 1.23 bits per heavy atom. The van der Waals surface area contributed by atoms with Gasteiger partial charge in [-0.2, -0.15) is 0 Å². The summed E-state index contributed by atoms with van der Waals surface area (Å²) in [5, 5.41) is 25.6. The summed E-state index contributed by atoms with van der Waals surface area (Å²) in [6, 6.07) is 1.26. The molecule has 1 aromatic rings. The van der Waals surface area contributed by atoms with Crippen LogP contribution in [0.25, 0.3) is 0 Å². The Morgan fingerprint density at radius 3 is 2.23 bits per heavy atom. The van der Waals surface area contributed by atoms with Gasteiger partial charge in [0.05, 0.1) is 6.54 Å². The molecule has 1 heterocycles. The second-order valence-electron chi connectivity index (χ2n) is 5.94. The number of nitrogens with two attached hydrogens (primary N) is 1. The smallest absolute Gasteiger partial charge is 0.315 e. The minimum atomic E-state index is -0.833. The van der Waals surface area contributed by atoms with E-state index in [1.54, 1.807) is 0 Å². The minimum absolute atomic E-state index is 0.291.